The van der Waals surface area contributed by atoms with Crippen molar-refractivity contribution in [1.29, 1.82) is 0 Å². The minimum atomic E-state index is -0.711. The summed E-state index contributed by atoms with van der Waals surface area (Å²) in [5, 5.41) is 0. The first-order valence-corrected chi connectivity index (χ1v) is 10.3. The molecule has 0 bridgehead atoms. The highest BCUT2D eigenvalue weighted by Gasteiger charge is 2.59. The molecule has 0 spiro atoms. The number of fused-ring (bicyclic) bond motifs is 1. The van der Waals surface area contributed by atoms with Crippen LogP contribution in [-0.4, -0.2) is 47.8 Å². The van der Waals surface area contributed by atoms with E-state index < -0.39 is 5.60 Å². The molecule has 4 atom stereocenters. The SMILES string of the molecule is Cc1ccc(S[C@@H]2OC[C@]3(C)OC(=O)N(C)[C@@H]3[C@H]2OCc2ccccc2)cc1. The van der Waals surface area contributed by atoms with E-state index in [1.54, 1.807) is 23.7 Å². The first kappa shape index (κ1) is 19.3. The fourth-order valence-corrected chi connectivity index (χ4v) is 4.88. The lowest BCUT2D eigenvalue weighted by molar-refractivity contribution is -0.162. The standard InChI is InChI=1S/C22H25NO4S/c1-15-9-11-17(12-10-15)28-20-18(25-13-16-7-5-4-6-8-16)19-22(2,14-26-20)27-21(24)23(19)3/h4-12,18-20H,13-14H2,1-3H3/t18-,19-,20+,22+/m1/s1. The van der Waals surface area contributed by atoms with Gasteiger partial charge in [-0.3, -0.25) is 0 Å². The minimum absolute atomic E-state index is 0.208. The van der Waals surface area contributed by atoms with Gasteiger partial charge in [0.25, 0.3) is 0 Å². The predicted molar refractivity (Wildman–Crippen MR) is 108 cm³/mol. The van der Waals surface area contributed by atoms with Gasteiger partial charge in [0.05, 0.1) is 13.2 Å². The molecule has 0 radical (unpaired) electrons. The Kier molecular flexibility index (Phi) is 5.36. The van der Waals surface area contributed by atoms with Crippen molar-refractivity contribution in [2.24, 2.45) is 0 Å². The smallest absolute Gasteiger partial charge is 0.410 e. The molecule has 1 amide bonds. The number of aryl methyl sites for hydroxylation is 1. The maximum absolute atomic E-state index is 12.3. The Balaban J connectivity index is 1.58. The molecule has 2 aromatic rings. The van der Waals surface area contributed by atoms with Crippen molar-refractivity contribution < 1.29 is 19.0 Å². The van der Waals surface area contributed by atoms with Crippen molar-refractivity contribution in [3.8, 4) is 0 Å². The Hall–Kier alpha value is -2.02. The summed E-state index contributed by atoms with van der Waals surface area (Å²) in [4.78, 5) is 15.0. The van der Waals surface area contributed by atoms with Crippen LogP contribution in [0.5, 0.6) is 0 Å². The van der Waals surface area contributed by atoms with Crippen molar-refractivity contribution in [1.82, 2.24) is 4.90 Å². The van der Waals surface area contributed by atoms with E-state index in [1.807, 2.05) is 37.3 Å². The Labute approximate surface area is 170 Å². The molecule has 0 N–H and O–H groups in total. The second kappa shape index (κ2) is 7.78. The third kappa shape index (κ3) is 3.77. The molecule has 148 valence electrons. The van der Waals surface area contributed by atoms with Crippen LogP contribution < -0.4 is 0 Å². The van der Waals surface area contributed by atoms with Crippen LogP contribution in [0.25, 0.3) is 0 Å². The van der Waals surface area contributed by atoms with Crippen molar-refractivity contribution in [3.63, 3.8) is 0 Å². The third-order valence-corrected chi connectivity index (χ3v) is 6.50. The molecule has 2 aromatic carbocycles. The molecule has 28 heavy (non-hydrogen) atoms. The van der Waals surface area contributed by atoms with Gasteiger partial charge in [0, 0.05) is 11.9 Å². The van der Waals surface area contributed by atoms with Crippen LogP contribution >= 0.6 is 11.8 Å². The van der Waals surface area contributed by atoms with Gasteiger partial charge < -0.3 is 19.1 Å². The number of hydrogen-bond acceptors (Lipinski definition) is 5. The van der Waals surface area contributed by atoms with Gasteiger partial charge >= 0.3 is 6.09 Å². The van der Waals surface area contributed by atoms with Gasteiger partial charge in [0.1, 0.15) is 17.6 Å². The van der Waals surface area contributed by atoms with Crippen molar-refractivity contribution in [2.75, 3.05) is 13.7 Å². The molecule has 2 fully saturated rings. The molecule has 6 heteroatoms. The number of ether oxygens (including phenoxy) is 3. The fraction of sp³-hybridized carbons (Fsp3) is 0.409. The van der Waals surface area contributed by atoms with Crippen LogP contribution in [0.2, 0.25) is 0 Å². The van der Waals surface area contributed by atoms with Gasteiger partial charge in [-0.05, 0) is 31.5 Å². The van der Waals surface area contributed by atoms with E-state index in [1.165, 1.54) is 5.56 Å². The topological polar surface area (TPSA) is 48.0 Å². The first-order valence-electron chi connectivity index (χ1n) is 9.42. The number of amides is 1. The number of carbonyl (C=O) groups excluding carboxylic acids is 1. The zero-order valence-electron chi connectivity index (χ0n) is 16.3. The fourth-order valence-electron chi connectivity index (χ4n) is 3.82. The van der Waals surface area contributed by atoms with Gasteiger partial charge in [-0.2, -0.15) is 0 Å². The highest BCUT2D eigenvalue weighted by Crippen LogP contribution is 2.42. The largest absolute Gasteiger partial charge is 0.438 e. The number of carbonyl (C=O) groups is 1. The molecular weight excluding hydrogens is 374 g/mol. The number of benzene rings is 2. The molecule has 4 rings (SSSR count). The van der Waals surface area contributed by atoms with E-state index in [4.69, 9.17) is 14.2 Å². The van der Waals surface area contributed by atoms with Gasteiger partial charge in [0.15, 0.2) is 5.60 Å². The van der Waals surface area contributed by atoms with Crippen LogP contribution in [0.1, 0.15) is 18.1 Å². The van der Waals surface area contributed by atoms with E-state index in [-0.39, 0.29) is 23.7 Å². The summed E-state index contributed by atoms with van der Waals surface area (Å²) in [6.07, 6.45) is -0.646. The maximum Gasteiger partial charge on any atom is 0.410 e. The lowest BCUT2D eigenvalue weighted by Gasteiger charge is -2.44. The van der Waals surface area contributed by atoms with E-state index in [9.17, 15) is 4.79 Å². The van der Waals surface area contributed by atoms with E-state index >= 15 is 0 Å². The molecule has 5 nitrogen and oxygen atoms in total. The van der Waals surface area contributed by atoms with Gasteiger partial charge in [-0.1, -0.05) is 59.8 Å². The Morgan fingerprint density at radius 2 is 1.89 bits per heavy atom. The van der Waals surface area contributed by atoms with Crippen LogP contribution in [0.15, 0.2) is 59.5 Å². The monoisotopic (exact) mass is 399 g/mol. The summed E-state index contributed by atoms with van der Waals surface area (Å²) in [6.45, 7) is 4.79. The number of likely N-dealkylation sites (N-methyl/N-ethyl adjacent to an activating group) is 1. The van der Waals surface area contributed by atoms with E-state index in [0.29, 0.717) is 13.2 Å². The minimum Gasteiger partial charge on any atom is -0.438 e. The summed E-state index contributed by atoms with van der Waals surface area (Å²) in [5.41, 5.74) is 1.36. The number of thioether (sulfide) groups is 1. The second-order valence-electron chi connectivity index (χ2n) is 7.61. The highest BCUT2D eigenvalue weighted by atomic mass is 32.2. The summed E-state index contributed by atoms with van der Waals surface area (Å²) in [5.74, 6) is 0. The van der Waals surface area contributed by atoms with Crippen LogP contribution in [-0.2, 0) is 20.8 Å². The van der Waals surface area contributed by atoms with Gasteiger partial charge in [0.2, 0.25) is 0 Å². The number of hydrogen-bond donors (Lipinski definition) is 0. The lowest BCUT2D eigenvalue weighted by atomic mass is 9.90. The van der Waals surface area contributed by atoms with Gasteiger partial charge in [-0.15, -0.1) is 0 Å². The van der Waals surface area contributed by atoms with Gasteiger partial charge in [-0.25, -0.2) is 4.79 Å². The maximum atomic E-state index is 12.3. The van der Waals surface area contributed by atoms with Crippen LogP contribution in [0, 0.1) is 6.92 Å². The average Bonchev–Trinajstić information content (AvgIpc) is 2.93. The molecule has 2 heterocycles. The average molecular weight is 400 g/mol. The summed E-state index contributed by atoms with van der Waals surface area (Å²) in [7, 11) is 1.77. The quantitative estimate of drug-likeness (QED) is 0.753. The Bertz CT molecular complexity index is 828. The van der Waals surface area contributed by atoms with Crippen molar-refractivity contribution in [3.05, 3.63) is 65.7 Å². The Morgan fingerprint density at radius 3 is 2.61 bits per heavy atom. The Morgan fingerprint density at radius 1 is 1.18 bits per heavy atom. The molecule has 0 unspecified atom stereocenters. The summed E-state index contributed by atoms with van der Waals surface area (Å²) >= 11 is 1.63. The highest BCUT2D eigenvalue weighted by molar-refractivity contribution is 7.99. The predicted octanol–water partition coefficient (Wildman–Crippen LogP) is 4.24. The van der Waals surface area contributed by atoms with E-state index in [2.05, 4.69) is 31.2 Å². The zero-order valence-corrected chi connectivity index (χ0v) is 17.1. The first-order chi connectivity index (χ1) is 13.5. The molecule has 0 aliphatic carbocycles. The van der Waals surface area contributed by atoms with E-state index in [0.717, 1.165) is 10.5 Å². The lowest BCUT2D eigenvalue weighted by Crippen LogP contribution is -2.61. The summed E-state index contributed by atoms with van der Waals surface area (Å²) in [6, 6.07) is 18.2. The molecule has 2 aliphatic heterocycles. The third-order valence-electron chi connectivity index (χ3n) is 5.32. The second-order valence-corrected chi connectivity index (χ2v) is 8.78. The van der Waals surface area contributed by atoms with Crippen molar-refractivity contribution in [2.45, 2.75) is 48.5 Å². The number of rotatable bonds is 5. The van der Waals surface area contributed by atoms with Crippen LogP contribution in [0.3, 0.4) is 0 Å². The molecular formula is C22H25NO4S. The van der Waals surface area contributed by atoms with Crippen molar-refractivity contribution >= 4 is 17.9 Å². The molecule has 2 saturated heterocycles. The molecule has 0 aromatic heterocycles. The molecule has 0 saturated carbocycles. The number of nitrogens with zero attached hydrogens (tertiary/aromatic N) is 1. The summed E-state index contributed by atoms with van der Waals surface area (Å²) < 4.78 is 18.2. The van der Waals surface area contributed by atoms with Crippen LogP contribution in [0.4, 0.5) is 4.79 Å². The normalized spacial score (nSPS) is 29.5. The molecule has 2 aliphatic rings. The zero-order chi connectivity index (χ0) is 19.7.